The third kappa shape index (κ3) is 4.33. The molecule has 1 fully saturated rings. The van der Waals surface area contributed by atoms with Gasteiger partial charge < -0.3 is 15.3 Å². The topological polar surface area (TPSA) is 52.6 Å². The van der Waals surface area contributed by atoms with Gasteiger partial charge in [0.25, 0.3) is 0 Å². The number of carbonyl (C=O) groups is 1. The molecule has 1 heterocycles. The molecule has 0 aromatic heterocycles. The molecule has 0 saturated carbocycles. The van der Waals surface area contributed by atoms with Gasteiger partial charge in [-0.1, -0.05) is 30.3 Å². The first-order chi connectivity index (χ1) is 9.29. The third-order valence-corrected chi connectivity index (χ3v) is 3.52. The fourth-order valence-electron chi connectivity index (χ4n) is 2.49. The lowest BCUT2D eigenvalue weighted by molar-refractivity contribution is -0.132. The van der Waals surface area contributed by atoms with Crippen LogP contribution in [-0.4, -0.2) is 41.7 Å². The molecule has 0 radical (unpaired) electrons. The largest absolute Gasteiger partial charge is 0.395 e. The summed E-state index contributed by atoms with van der Waals surface area (Å²) in [6.45, 7) is 2.00. The van der Waals surface area contributed by atoms with Crippen molar-refractivity contribution in [1.82, 2.24) is 10.2 Å². The molecule has 0 bridgehead atoms. The molecule has 2 N–H and O–H groups in total. The average molecular weight is 262 g/mol. The van der Waals surface area contributed by atoms with Crippen molar-refractivity contribution in [3.63, 3.8) is 0 Å². The van der Waals surface area contributed by atoms with Crippen LogP contribution in [0, 0.1) is 0 Å². The molecule has 1 aliphatic heterocycles. The highest BCUT2D eigenvalue weighted by Gasteiger charge is 2.21. The van der Waals surface area contributed by atoms with Crippen molar-refractivity contribution in [3.05, 3.63) is 35.9 Å². The van der Waals surface area contributed by atoms with Crippen molar-refractivity contribution in [1.29, 1.82) is 0 Å². The molecular formula is C15H22N2O2. The van der Waals surface area contributed by atoms with Crippen LogP contribution in [-0.2, 0) is 11.3 Å². The van der Waals surface area contributed by atoms with Gasteiger partial charge in [-0.3, -0.25) is 4.79 Å². The molecule has 2 rings (SSSR count). The molecule has 1 saturated heterocycles. The lowest BCUT2D eigenvalue weighted by Gasteiger charge is -2.23. The molecule has 1 amide bonds. The highest BCUT2D eigenvalue weighted by Crippen LogP contribution is 2.12. The first-order valence-electron chi connectivity index (χ1n) is 6.95. The Morgan fingerprint density at radius 1 is 1.37 bits per heavy atom. The number of hydrogen-bond acceptors (Lipinski definition) is 3. The smallest absolute Gasteiger partial charge is 0.224 e. The molecule has 0 spiro atoms. The fourth-order valence-corrected chi connectivity index (χ4v) is 2.49. The lowest BCUT2D eigenvalue weighted by Crippen LogP contribution is -2.37. The quantitative estimate of drug-likeness (QED) is 0.808. The van der Waals surface area contributed by atoms with Gasteiger partial charge in [0.05, 0.1) is 6.61 Å². The van der Waals surface area contributed by atoms with Crippen LogP contribution in [0.1, 0.15) is 24.8 Å². The van der Waals surface area contributed by atoms with Crippen molar-refractivity contribution in [2.24, 2.45) is 0 Å². The van der Waals surface area contributed by atoms with E-state index in [0.717, 1.165) is 24.9 Å². The predicted octanol–water partition coefficient (Wildman–Crippen LogP) is 1.15. The average Bonchev–Trinajstić information content (AvgIpc) is 2.92. The molecule has 1 aliphatic rings. The first kappa shape index (κ1) is 14.0. The monoisotopic (exact) mass is 262 g/mol. The number of aliphatic hydroxyl groups is 1. The first-order valence-corrected chi connectivity index (χ1v) is 6.95. The summed E-state index contributed by atoms with van der Waals surface area (Å²) >= 11 is 0. The minimum atomic E-state index is 0.0106. The van der Waals surface area contributed by atoms with E-state index in [1.54, 1.807) is 4.90 Å². The zero-order chi connectivity index (χ0) is 13.5. The van der Waals surface area contributed by atoms with Crippen LogP contribution in [0.4, 0.5) is 0 Å². The maximum atomic E-state index is 12.3. The second-order valence-electron chi connectivity index (χ2n) is 5.02. The van der Waals surface area contributed by atoms with E-state index < -0.39 is 0 Å². The summed E-state index contributed by atoms with van der Waals surface area (Å²) in [5, 5.41) is 12.5. The molecule has 1 aromatic carbocycles. The minimum Gasteiger partial charge on any atom is -0.395 e. The number of hydrogen-bond donors (Lipinski definition) is 2. The molecule has 1 unspecified atom stereocenters. The Balaban J connectivity index is 1.92. The molecular weight excluding hydrogens is 240 g/mol. The third-order valence-electron chi connectivity index (χ3n) is 3.52. The van der Waals surface area contributed by atoms with E-state index in [1.807, 2.05) is 30.3 Å². The van der Waals surface area contributed by atoms with Crippen molar-refractivity contribution < 1.29 is 9.90 Å². The number of nitrogens with one attached hydrogen (secondary N) is 1. The summed E-state index contributed by atoms with van der Waals surface area (Å²) < 4.78 is 0. The number of benzene rings is 1. The van der Waals surface area contributed by atoms with Gasteiger partial charge in [-0.05, 0) is 24.9 Å². The molecule has 4 heteroatoms. The number of rotatable bonds is 6. The summed E-state index contributed by atoms with van der Waals surface area (Å²) in [6.07, 6.45) is 2.76. The Morgan fingerprint density at radius 3 is 2.79 bits per heavy atom. The van der Waals surface area contributed by atoms with Crippen LogP contribution >= 0.6 is 0 Å². The van der Waals surface area contributed by atoms with Gasteiger partial charge in [0.2, 0.25) is 5.91 Å². The SMILES string of the molecule is O=C(CC1CCCN1)N(CCO)Cc1ccccc1. The normalized spacial score (nSPS) is 18.5. The van der Waals surface area contributed by atoms with Gasteiger partial charge in [0.15, 0.2) is 0 Å². The second kappa shape index (κ2) is 7.26. The van der Waals surface area contributed by atoms with Crippen molar-refractivity contribution in [2.45, 2.75) is 31.8 Å². The van der Waals surface area contributed by atoms with Crippen molar-refractivity contribution in [2.75, 3.05) is 19.7 Å². The van der Waals surface area contributed by atoms with Crippen LogP contribution < -0.4 is 5.32 Å². The molecule has 104 valence electrons. The van der Waals surface area contributed by atoms with E-state index in [-0.39, 0.29) is 12.5 Å². The summed E-state index contributed by atoms with van der Waals surface area (Å²) in [5.74, 6) is 0.123. The summed E-state index contributed by atoms with van der Waals surface area (Å²) in [6, 6.07) is 10.2. The highest BCUT2D eigenvalue weighted by atomic mass is 16.3. The predicted molar refractivity (Wildman–Crippen MR) is 74.6 cm³/mol. The summed E-state index contributed by atoms with van der Waals surface area (Å²) in [7, 11) is 0. The van der Waals surface area contributed by atoms with Crippen molar-refractivity contribution in [3.8, 4) is 0 Å². The van der Waals surface area contributed by atoms with Crippen LogP contribution in [0.2, 0.25) is 0 Å². The Morgan fingerprint density at radius 2 is 2.16 bits per heavy atom. The van der Waals surface area contributed by atoms with Gasteiger partial charge in [-0.2, -0.15) is 0 Å². The van der Waals surface area contributed by atoms with E-state index in [1.165, 1.54) is 0 Å². The molecule has 19 heavy (non-hydrogen) atoms. The lowest BCUT2D eigenvalue weighted by atomic mass is 10.1. The second-order valence-corrected chi connectivity index (χ2v) is 5.02. The Labute approximate surface area is 114 Å². The zero-order valence-electron chi connectivity index (χ0n) is 11.2. The molecule has 4 nitrogen and oxygen atoms in total. The fraction of sp³-hybridized carbons (Fsp3) is 0.533. The van der Waals surface area contributed by atoms with E-state index in [4.69, 9.17) is 5.11 Å². The van der Waals surface area contributed by atoms with E-state index in [2.05, 4.69) is 5.32 Å². The van der Waals surface area contributed by atoms with Gasteiger partial charge in [-0.15, -0.1) is 0 Å². The van der Waals surface area contributed by atoms with Crippen LogP contribution in [0.3, 0.4) is 0 Å². The number of aliphatic hydroxyl groups excluding tert-OH is 1. The molecule has 1 aromatic rings. The number of carbonyl (C=O) groups excluding carboxylic acids is 1. The maximum Gasteiger partial charge on any atom is 0.224 e. The zero-order valence-corrected chi connectivity index (χ0v) is 11.2. The number of nitrogens with zero attached hydrogens (tertiary/aromatic N) is 1. The van der Waals surface area contributed by atoms with Crippen LogP contribution in [0.15, 0.2) is 30.3 Å². The van der Waals surface area contributed by atoms with Gasteiger partial charge >= 0.3 is 0 Å². The van der Waals surface area contributed by atoms with E-state index in [0.29, 0.717) is 25.6 Å². The highest BCUT2D eigenvalue weighted by molar-refractivity contribution is 5.76. The van der Waals surface area contributed by atoms with Gasteiger partial charge in [-0.25, -0.2) is 0 Å². The van der Waals surface area contributed by atoms with Gasteiger partial charge in [0.1, 0.15) is 0 Å². The Bertz CT molecular complexity index is 388. The number of amides is 1. The Kier molecular flexibility index (Phi) is 5.36. The summed E-state index contributed by atoms with van der Waals surface area (Å²) in [5.41, 5.74) is 1.10. The van der Waals surface area contributed by atoms with Crippen LogP contribution in [0.5, 0.6) is 0 Å². The summed E-state index contributed by atoms with van der Waals surface area (Å²) in [4.78, 5) is 14.0. The van der Waals surface area contributed by atoms with Crippen molar-refractivity contribution >= 4 is 5.91 Å². The van der Waals surface area contributed by atoms with Gasteiger partial charge in [0, 0.05) is 25.6 Å². The molecule has 1 atom stereocenters. The standard InChI is InChI=1S/C15H22N2O2/c18-10-9-17(12-13-5-2-1-3-6-13)15(19)11-14-7-4-8-16-14/h1-3,5-6,14,16,18H,4,7-12H2. The van der Waals surface area contributed by atoms with E-state index in [9.17, 15) is 4.79 Å². The maximum absolute atomic E-state index is 12.3. The minimum absolute atomic E-state index is 0.0106. The molecule has 0 aliphatic carbocycles. The van der Waals surface area contributed by atoms with Crippen LogP contribution in [0.25, 0.3) is 0 Å². The Hall–Kier alpha value is -1.39. The van der Waals surface area contributed by atoms with E-state index >= 15 is 0 Å².